The van der Waals surface area contributed by atoms with Crippen LogP contribution < -0.4 is 5.32 Å². The average Bonchev–Trinajstić information content (AvgIpc) is 3.14. The summed E-state index contributed by atoms with van der Waals surface area (Å²) in [6.07, 6.45) is 0.750. The van der Waals surface area contributed by atoms with Gasteiger partial charge in [-0.3, -0.25) is 9.78 Å². The molecule has 2 aromatic carbocycles. The van der Waals surface area contributed by atoms with Gasteiger partial charge in [-0.05, 0) is 42.8 Å². The molecule has 0 aliphatic carbocycles. The molecular formula is C24H23FN4O3. The van der Waals surface area contributed by atoms with Crippen molar-refractivity contribution in [3.8, 4) is 0 Å². The van der Waals surface area contributed by atoms with Crippen molar-refractivity contribution in [2.75, 3.05) is 6.54 Å². The Bertz CT molecular complexity index is 1270. The topological polar surface area (TPSA) is 100 Å². The predicted molar refractivity (Wildman–Crippen MR) is 117 cm³/mol. The molecule has 0 fully saturated rings. The summed E-state index contributed by atoms with van der Waals surface area (Å²) in [6, 6.07) is 16.3. The molecule has 4 aromatic rings. The van der Waals surface area contributed by atoms with Crippen LogP contribution in [-0.4, -0.2) is 43.3 Å². The molecule has 4 rings (SSSR count). The Kier molecular flexibility index (Phi) is 5.73. The molecule has 1 amide bonds. The molecule has 7 nitrogen and oxygen atoms in total. The van der Waals surface area contributed by atoms with Gasteiger partial charge in [0.1, 0.15) is 11.5 Å². The SMILES string of the molecule is C[C@@H](O)CNC(=O)c1ccc2nc(C(O)(c3ccccc3)c3ncccc3F)n(C)c2c1. The number of aromatic nitrogens is 3. The van der Waals surface area contributed by atoms with Gasteiger partial charge in [0, 0.05) is 25.4 Å². The van der Waals surface area contributed by atoms with E-state index in [-0.39, 0.29) is 24.0 Å². The Hall–Kier alpha value is -3.62. The molecule has 0 aliphatic heterocycles. The van der Waals surface area contributed by atoms with E-state index < -0.39 is 17.5 Å². The molecule has 0 radical (unpaired) electrons. The molecule has 3 N–H and O–H groups in total. The summed E-state index contributed by atoms with van der Waals surface area (Å²) in [5, 5.41) is 24.0. The summed E-state index contributed by atoms with van der Waals surface area (Å²) >= 11 is 0. The minimum Gasteiger partial charge on any atom is -0.392 e. The number of hydrogen-bond acceptors (Lipinski definition) is 5. The van der Waals surface area contributed by atoms with Crippen molar-refractivity contribution >= 4 is 16.9 Å². The number of aliphatic hydroxyl groups is 2. The monoisotopic (exact) mass is 434 g/mol. The maximum absolute atomic E-state index is 14.8. The van der Waals surface area contributed by atoms with Crippen LogP contribution in [0, 0.1) is 5.82 Å². The van der Waals surface area contributed by atoms with Crippen LogP contribution in [0.3, 0.4) is 0 Å². The number of pyridine rings is 1. The smallest absolute Gasteiger partial charge is 0.251 e. The van der Waals surface area contributed by atoms with Gasteiger partial charge in [0.2, 0.25) is 0 Å². The number of nitrogens with zero attached hydrogens (tertiary/aromatic N) is 3. The van der Waals surface area contributed by atoms with E-state index in [0.29, 0.717) is 22.2 Å². The third-order valence-corrected chi connectivity index (χ3v) is 5.32. The van der Waals surface area contributed by atoms with Crippen molar-refractivity contribution in [3.05, 3.63) is 95.3 Å². The molecule has 164 valence electrons. The molecule has 1 unspecified atom stereocenters. The first-order valence-corrected chi connectivity index (χ1v) is 10.1. The number of rotatable bonds is 6. The molecule has 8 heteroatoms. The maximum Gasteiger partial charge on any atom is 0.251 e. The van der Waals surface area contributed by atoms with Gasteiger partial charge < -0.3 is 20.1 Å². The molecule has 2 atom stereocenters. The molecular weight excluding hydrogens is 411 g/mol. The van der Waals surface area contributed by atoms with Crippen LogP contribution in [0.2, 0.25) is 0 Å². The van der Waals surface area contributed by atoms with Gasteiger partial charge in [0.15, 0.2) is 11.4 Å². The number of amides is 1. The van der Waals surface area contributed by atoms with Gasteiger partial charge in [-0.2, -0.15) is 0 Å². The van der Waals surface area contributed by atoms with E-state index in [1.807, 2.05) is 0 Å². The second-order valence-electron chi connectivity index (χ2n) is 7.67. The fourth-order valence-electron chi connectivity index (χ4n) is 3.70. The van der Waals surface area contributed by atoms with Crippen molar-refractivity contribution < 1.29 is 19.4 Å². The van der Waals surface area contributed by atoms with E-state index >= 15 is 0 Å². The van der Waals surface area contributed by atoms with Crippen molar-refractivity contribution in [2.24, 2.45) is 7.05 Å². The molecule has 0 spiro atoms. The summed E-state index contributed by atoms with van der Waals surface area (Å²) < 4.78 is 16.5. The van der Waals surface area contributed by atoms with Crippen LogP contribution in [-0.2, 0) is 12.6 Å². The summed E-state index contributed by atoms with van der Waals surface area (Å²) in [5.41, 5.74) is -0.240. The number of benzene rings is 2. The van der Waals surface area contributed by atoms with Crippen molar-refractivity contribution in [3.63, 3.8) is 0 Å². The van der Waals surface area contributed by atoms with Gasteiger partial charge >= 0.3 is 0 Å². The first-order valence-electron chi connectivity index (χ1n) is 10.1. The number of halogens is 1. The van der Waals surface area contributed by atoms with Crippen LogP contribution in [0.25, 0.3) is 11.0 Å². The number of carbonyl (C=O) groups is 1. The zero-order valence-electron chi connectivity index (χ0n) is 17.7. The first kappa shape index (κ1) is 21.6. The van der Waals surface area contributed by atoms with E-state index in [4.69, 9.17) is 0 Å². The van der Waals surface area contributed by atoms with Crippen molar-refractivity contribution in [1.29, 1.82) is 0 Å². The Morgan fingerprint density at radius 3 is 2.62 bits per heavy atom. The Morgan fingerprint density at radius 1 is 1.19 bits per heavy atom. The van der Waals surface area contributed by atoms with Gasteiger partial charge in [-0.1, -0.05) is 30.3 Å². The number of imidazole rings is 1. The number of aliphatic hydroxyl groups excluding tert-OH is 1. The van der Waals surface area contributed by atoms with E-state index in [1.165, 1.54) is 18.3 Å². The number of nitrogens with one attached hydrogen (secondary N) is 1. The number of hydrogen-bond donors (Lipinski definition) is 3. The van der Waals surface area contributed by atoms with Crippen molar-refractivity contribution in [1.82, 2.24) is 19.9 Å². The van der Waals surface area contributed by atoms with Crippen LogP contribution >= 0.6 is 0 Å². The Balaban J connectivity index is 1.88. The fourth-order valence-corrected chi connectivity index (χ4v) is 3.70. The van der Waals surface area contributed by atoms with Gasteiger partial charge in [0.05, 0.1) is 17.1 Å². The summed E-state index contributed by atoms with van der Waals surface area (Å²) in [6.45, 7) is 1.71. The van der Waals surface area contributed by atoms with Crippen LogP contribution in [0.15, 0.2) is 66.9 Å². The Labute approximate surface area is 184 Å². The quantitative estimate of drug-likeness (QED) is 0.433. The standard InChI is InChI=1S/C24H23FN4O3/c1-15(30)14-27-22(31)16-10-11-19-20(13-16)29(2)23(28-19)24(32,17-7-4-3-5-8-17)21-18(25)9-6-12-26-21/h3-13,15,30,32H,14H2,1-2H3,(H,27,31)/t15-,24?/m1/s1. The Morgan fingerprint density at radius 2 is 1.94 bits per heavy atom. The summed E-state index contributed by atoms with van der Waals surface area (Å²) in [5.74, 6) is -0.841. The lowest BCUT2D eigenvalue weighted by Gasteiger charge is -2.28. The lowest BCUT2D eigenvalue weighted by molar-refractivity contribution is 0.0924. The molecule has 0 saturated heterocycles. The highest BCUT2D eigenvalue weighted by molar-refractivity contribution is 5.97. The highest BCUT2D eigenvalue weighted by Crippen LogP contribution is 2.37. The third-order valence-electron chi connectivity index (χ3n) is 5.32. The highest BCUT2D eigenvalue weighted by atomic mass is 19.1. The lowest BCUT2D eigenvalue weighted by Crippen LogP contribution is -2.34. The lowest BCUT2D eigenvalue weighted by atomic mass is 9.88. The summed E-state index contributed by atoms with van der Waals surface area (Å²) in [4.78, 5) is 21.2. The van der Waals surface area contributed by atoms with Gasteiger partial charge in [-0.25, -0.2) is 9.37 Å². The van der Waals surface area contributed by atoms with Crippen LogP contribution in [0.1, 0.15) is 34.4 Å². The molecule has 32 heavy (non-hydrogen) atoms. The second-order valence-corrected chi connectivity index (χ2v) is 7.67. The van der Waals surface area contributed by atoms with E-state index in [1.54, 1.807) is 67.1 Å². The molecule has 0 bridgehead atoms. The maximum atomic E-state index is 14.8. The zero-order valence-corrected chi connectivity index (χ0v) is 17.7. The molecule has 0 aliphatic rings. The van der Waals surface area contributed by atoms with Crippen LogP contribution in [0.5, 0.6) is 0 Å². The number of fused-ring (bicyclic) bond motifs is 1. The zero-order chi connectivity index (χ0) is 22.9. The molecule has 0 saturated carbocycles. The largest absolute Gasteiger partial charge is 0.392 e. The average molecular weight is 434 g/mol. The highest BCUT2D eigenvalue weighted by Gasteiger charge is 2.42. The van der Waals surface area contributed by atoms with E-state index in [9.17, 15) is 19.4 Å². The second kappa shape index (κ2) is 8.49. The number of carbonyl (C=O) groups excluding carboxylic acids is 1. The minimum atomic E-state index is -1.96. The van der Waals surface area contributed by atoms with Gasteiger partial charge in [-0.15, -0.1) is 0 Å². The fraction of sp³-hybridized carbons (Fsp3) is 0.208. The summed E-state index contributed by atoms with van der Waals surface area (Å²) in [7, 11) is 1.69. The minimum absolute atomic E-state index is 0.125. The number of aryl methyl sites for hydroxylation is 1. The first-order chi connectivity index (χ1) is 15.3. The third kappa shape index (κ3) is 3.74. The predicted octanol–water partition coefficient (Wildman–Crippen LogP) is 2.50. The normalized spacial score (nSPS) is 14.2. The van der Waals surface area contributed by atoms with Crippen molar-refractivity contribution in [2.45, 2.75) is 18.6 Å². The van der Waals surface area contributed by atoms with E-state index in [2.05, 4.69) is 15.3 Å². The van der Waals surface area contributed by atoms with Crippen LogP contribution in [0.4, 0.5) is 4.39 Å². The molecule has 2 heterocycles. The van der Waals surface area contributed by atoms with Gasteiger partial charge in [0.25, 0.3) is 5.91 Å². The molecule has 2 aromatic heterocycles. The van der Waals surface area contributed by atoms with E-state index in [0.717, 1.165) is 0 Å².